The second kappa shape index (κ2) is 8.20. The van der Waals surface area contributed by atoms with Crippen LogP contribution in [-0.2, 0) is 19.1 Å². The zero-order valence-corrected chi connectivity index (χ0v) is 16.4. The molecule has 140 valence electrons. The topological polar surface area (TPSA) is 66.9 Å². The molecule has 7 heteroatoms. The highest BCUT2D eigenvalue weighted by Gasteiger charge is 2.39. The summed E-state index contributed by atoms with van der Waals surface area (Å²) in [6.07, 6.45) is 1.48. The number of piperidine rings is 1. The molecule has 3 rings (SSSR count). The minimum atomic E-state index is -0.325. The summed E-state index contributed by atoms with van der Waals surface area (Å²) in [6, 6.07) is 7.53. The molecule has 0 spiro atoms. The molecule has 1 unspecified atom stereocenters. The fourth-order valence-corrected chi connectivity index (χ4v) is 4.13. The van der Waals surface area contributed by atoms with Gasteiger partial charge in [0, 0.05) is 30.5 Å². The Bertz CT molecular complexity index is 701. The summed E-state index contributed by atoms with van der Waals surface area (Å²) < 4.78 is 5.91. The maximum Gasteiger partial charge on any atom is 0.309 e. The highest BCUT2D eigenvalue weighted by molar-refractivity contribution is 9.10. The monoisotopic (exact) mass is 422 g/mol. The van der Waals surface area contributed by atoms with Crippen molar-refractivity contribution >= 4 is 39.4 Å². The number of para-hydroxylation sites is 1. The van der Waals surface area contributed by atoms with E-state index in [0.29, 0.717) is 39.1 Å². The van der Waals surface area contributed by atoms with Crippen molar-refractivity contribution in [1.82, 2.24) is 4.90 Å². The third kappa shape index (κ3) is 3.92. The first-order chi connectivity index (χ1) is 12.5. The Morgan fingerprint density at radius 2 is 1.88 bits per heavy atom. The van der Waals surface area contributed by atoms with E-state index in [4.69, 9.17) is 4.74 Å². The average Bonchev–Trinajstić information content (AvgIpc) is 3.03. The van der Waals surface area contributed by atoms with Crippen molar-refractivity contribution in [3.05, 3.63) is 28.7 Å². The third-order valence-corrected chi connectivity index (χ3v) is 5.71. The highest BCUT2D eigenvalue weighted by atomic mass is 79.9. The van der Waals surface area contributed by atoms with Gasteiger partial charge < -0.3 is 14.5 Å². The lowest BCUT2D eigenvalue weighted by atomic mass is 9.95. The molecule has 26 heavy (non-hydrogen) atoms. The van der Waals surface area contributed by atoms with Crippen molar-refractivity contribution in [2.24, 2.45) is 11.8 Å². The number of rotatable bonds is 4. The van der Waals surface area contributed by atoms with Crippen LogP contribution in [0.3, 0.4) is 0 Å². The Balaban J connectivity index is 1.59. The summed E-state index contributed by atoms with van der Waals surface area (Å²) >= 11 is 3.47. The van der Waals surface area contributed by atoms with Gasteiger partial charge in [0.25, 0.3) is 0 Å². The number of hydrogen-bond acceptors (Lipinski definition) is 4. The van der Waals surface area contributed by atoms with Crippen molar-refractivity contribution in [3.8, 4) is 0 Å². The van der Waals surface area contributed by atoms with E-state index in [1.807, 2.05) is 24.3 Å². The molecule has 1 aromatic rings. The first-order valence-electron chi connectivity index (χ1n) is 9.01. The Hall–Kier alpha value is -1.89. The first-order valence-corrected chi connectivity index (χ1v) is 9.81. The zero-order valence-electron chi connectivity index (χ0n) is 14.8. The Morgan fingerprint density at radius 3 is 2.54 bits per heavy atom. The van der Waals surface area contributed by atoms with Crippen molar-refractivity contribution < 1.29 is 19.1 Å². The van der Waals surface area contributed by atoms with Crippen molar-refractivity contribution in [1.29, 1.82) is 0 Å². The van der Waals surface area contributed by atoms with Crippen LogP contribution in [0.4, 0.5) is 5.69 Å². The summed E-state index contributed by atoms with van der Waals surface area (Å²) in [5, 5.41) is 0. The number of esters is 1. The molecule has 1 atom stereocenters. The molecule has 0 N–H and O–H groups in total. The number of likely N-dealkylation sites (tertiary alicyclic amines) is 1. The van der Waals surface area contributed by atoms with Gasteiger partial charge in [-0.2, -0.15) is 0 Å². The molecule has 0 saturated carbocycles. The number of carbonyl (C=O) groups excluding carboxylic acids is 3. The van der Waals surface area contributed by atoms with E-state index < -0.39 is 0 Å². The molecule has 2 saturated heterocycles. The predicted octanol–water partition coefficient (Wildman–Crippen LogP) is 2.60. The second-order valence-electron chi connectivity index (χ2n) is 6.71. The number of halogens is 1. The number of amides is 2. The molecular formula is C19H23BrN2O4. The largest absolute Gasteiger partial charge is 0.466 e. The molecule has 6 nitrogen and oxygen atoms in total. The molecule has 0 aromatic heterocycles. The number of hydrogen-bond donors (Lipinski definition) is 0. The molecule has 2 heterocycles. The van der Waals surface area contributed by atoms with Crippen LogP contribution in [0.15, 0.2) is 28.7 Å². The van der Waals surface area contributed by atoms with Crippen LogP contribution in [-0.4, -0.2) is 48.9 Å². The van der Waals surface area contributed by atoms with E-state index >= 15 is 0 Å². The van der Waals surface area contributed by atoms with Crippen molar-refractivity contribution in [2.45, 2.75) is 26.2 Å². The van der Waals surface area contributed by atoms with Gasteiger partial charge in [0.2, 0.25) is 11.8 Å². The Labute approximate surface area is 161 Å². The molecule has 2 amide bonds. The molecule has 1 aromatic carbocycles. The number of benzene rings is 1. The summed E-state index contributed by atoms with van der Waals surface area (Å²) in [4.78, 5) is 40.5. The van der Waals surface area contributed by atoms with E-state index in [2.05, 4.69) is 15.9 Å². The van der Waals surface area contributed by atoms with Crippen LogP contribution in [0.2, 0.25) is 0 Å². The molecule has 0 bridgehead atoms. The van der Waals surface area contributed by atoms with Crippen LogP contribution in [0, 0.1) is 11.8 Å². The van der Waals surface area contributed by atoms with Gasteiger partial charge >= 0.3 is 5.97 Å². The molecular weight excluding hydrogens is 400 g/mol. The SMILES string of the molecule is CCOC(=O)C1CCN(C(=O)C2CC(=O)N(c3ccccc3Br)C2)CC1. The fourth-order valence-electron chi connectivity index (χ4n) is 3.63. The summed E-state index contributed by atoms with van der Waals surface area (Å²) in [7, 11) is 0. The lowest BCUT2D eigenvalue weighted by Gasteiger charge is -2.32. The van der Waals surface area contributed by atoms with Crippen molar-refractivity contribution in [2.75, 3.05) is 31.1 Å². The molecule has 2 aliphatic rings. The van der Waals surface area contributed by atoms with Crippen LogP contribution in [0.5, 0.6) is 0 Å². The van der Waals surface area contributed by atoms with Crippen molar-refractivity contribution in [3.63, 3.8) is 0 Å². The van der Waals surface area contributed by atoms with Gasteiger partial charge in [0.05, 0.1) is 24.1 Å². The average molecular weight is 423 g/mol. The maximum atomic E-state index is 12.8. The summed E-state index contributed by atoms with van der Waals surface area (Å²) in [5.41, 5.74) is 0.800. The van der Waals surface area contributed by atoms with Gasteiger partial charge in [-0.3, -0.25) is 14.4 Å². The van der Waals surface area contributed by atoms with Gasteiger partial charge in [0.1, 0.15) is 0 Å². The minimum Gasteiger partial charge on any atom is -0.466 e. The molecule has 2 fully saturated rings. The first kappa shape index (κ1) is 18.9. The maximum absolute atomic E-state index is 12.8. The number of carbonyl (C=O) groups is 3. The quantitative estimate of drug-likeness (QED) is 0.699. The van der Waals surface area contributed by atoms with E-state index in [-0.39, 0.29) is 36.0 Å². The van der Waals surface area contributed by atoms with Crippen LogP contribution >= 0.6 is 15.9 Å². The predicted molar refractivity (Wildman–Crippen MR) is 101 cm³/mol. The highest BCUT2D eigenvalue weighted by Crippen LogP contribution is 2.32. The van der Waals surface area contributed by atoms with Crippen LogP contribution in [0.25, 0.3) is 0 Å². The summed E-state index contributed by atoms with van der Waals surface area (Å²) in [5.74, 6) is -0.641. The van der Waals surface area contributed by atoms with Gasteiger partial charge in [0.15, 0.2) is 0 Å². The van der Waals surface area contributed by atoms with Crippen LogP contribution in [0.1, 0.15) is 26.2 Å². The molecule has 0 radical (unpaired) electrons. The van der Waals surface area contributed by atoms with Gasteiger partial charge in [-0.05, 0) is 47.8 Å². The van der Waals surface area contributed by atoms with E-state index in [0.717, 1.165) is 10.2 Å². The minimum absolute atomic E-state index is 0.00946. The van der Waals surface area contributed by atoms with E-state index in [9.17, 15) is 14.4 Å². The summed E-state index contributed by atoms with van der Waals surface area (Å²) in [6.45, 7) is 3.67. The standard InChI is InChI=1S/C19H23BrN2O4/c1-2-26-19(25)13-7-9-21(10-8-13)18(24)14-11-17(23)22(12-14)16-6-4-3-5-15(16)20/h3-6,13-14H,2,7-12H2,1H3. The number of nitrogens with zero attached hydrogens (tertiary/aromatic N) is 2. The van der Waals surface area contributed by atoms with Crippen LogP contribution < -0.4 is 4.90 Å². The zero-order chi connectivity index (χ0) is 18.7. The second-order valence-corrected chi connectivity index (χ2v) is 7.56. The number of ether oxygens (including phenoxy) is 1. The normalized spacial score (nSPS) is 21.2. The Kier molecular flexibility index (Phi) is 5.96. The van der Waals surface area contributed by atoms with E-state index in [1.54, 1.807) is 16.7 Å². The third-order valence-electron chi connectivity index (χ3n) is 5.04. The lowest BCUT2D eigenvalue weighted by molar-refractivity contribution is -0.151. The Morgan fingerprint density at radius 1 is 1.19 bits per heavy atom. The smallest absolute Gasteiger partial charge is 0.309 e. The fraction of sp³-hybridized carbons (Fsp3) is 0.526. The molecule has 0 aliphatic carbocycles. The van der Waals surface area contributed by atoms with Gasteiger partial charge in [-0.15, -0.1) is 0 Å². The molecule has 2 aliphatic heterocycles. The van der Waals surface area contributed by atoms with Gasteiger partial charge in [-0.25, -0.2) is 0 Å². The van der Waals surface area contributed by atoms with Gasteiger partial charge in [-0.1, -0.05) is 12.1 Å². The van der Waals surface area contributed by atoms with E-state index in [1.165, 1.54) is 0 Å². The lowest BCUT2D eigenvalue weighted by Crippen LogP contribution is -2.44. The number of anilines is 1.